The van der Waals surface area contributed by atoms with E-state index in [9.17, 15) is 4.79 Å². The lowest BCUT2D eigenvalue weighted by molar-refractivity contribution is -0.137. The molecule has 0 aliphatic heterocycles. The first-order valence-corrected chi connectivity index (χ1v) is 7.34. The van der Waals surface area contributed by atoms with Crippen molar-refractivity contribution < 1.29 is 9.90 Å². The van der Waals surface area contributed by atoms with Crippen molar-refractivity contribution in [3.63, 3.8) is 0 Å². The van der Waals surface area contributed by atoms with Gasteiger partial charge in [0.2, 0.25) is 4.33 Å². The molecular weight excluding hydrogens is 282 g/mol. The Hall–Kier alpha value is 0.340. The van der Waals surface area contributed by atoms with Gasteiger partial charge in [-0.15, -0.1) is 11.6 Å². The van der Waals surface area contributed by atoms with E-state index in [0.717, 1.165) is 19.3 Å². The normalized spacial score (nSPS) is 13.6. The van der Waals surface area contributed by atoms with E-state index in [1.807, 2.05) is 0 Å². The van der Waals surface area contributed by atoms with Gasteiger partial charge in [-0.2, -0.15) is 0 Å². The lowest BCUT2D eigenvalue weighted by atomic mass is 10.1. The van der Waals surface area contributed by atoms with Crippen molar-refractivity contribution in [1.82, 2.24) is 0 Å². The molecule has 5 heteroatoms. The molecular formula is C12H21Cl3O2. The zero-order chi connectivity index (χ0) is 13.3. The van der Waals surface area contributed by atoms with Gasteiger partial charge in [0.1, 0.15) is 0 Å². The summed E-state index contributed by atoms with van der Waals surface area (Å²) in [5, 5.41) is 8.47. The van der Waals surface area contributed by atoms with Crippen LogP contribution in [0.5, 0.6) is 0 Å². The van der Waals surface area contributed by atoms with Gasteiger partial charge < -0.3 is 5.11 Å². The van der Waals surface area contributed by atoms with Crippen molar-refractivity contribution in [1.29, 1.82) is 0 Å². The molecule has 0 fully saturated rings. The molecule has 17 heavy (non-hydrogen) atoms. The average Bonchev–Trinajstić information content (AvgIpc) is 2.22. The topological polar surface area (TPSA) is 37.3 Å². The van der Waals surface area contributed by atoms with Gasteiger partial charge >= 0.3 is 5.97 Å². The smallest absolute Gasteiger partial charge is 0.340 e. The molecule has 2 nitrogen and oxygen atoms in total. The van der Waals surface area contributed by atoms with Crippen LogP contribution in [0, 0.1) is 0 Å². The molecule has 0 spiro atoms. The second kappa shape index (κ2) is 9.29. The summed E-state index contributed by atoms with van der Waals surface area (Å²) in [7, 11) is 0. The number of rotatable bonds is 10. The summed E-state index contributed by atoms with van der Waals surface area (Å²) in [6.07, 6.45) is 7.96. The molecule has 1 N–H and O–H groups in total. The zero-order valence-electron chi connectivity index (χ0n) is 10.2. The highest BCUT2D eigenvalue weighted by Crippen LogP contribution is 2.31. The van der Waals surface area contributed by atoms with Gasteiger partial charge in [-0.3, -0.25) is 0 Å². The van der Waals surface area contributed by atoms with Gasteiger partial charge in [-0.05, 0) is 6.42 Å². The van der Waals surface area contributed by atoms with Gasteiger partial charge in [-0.25, -0.2) is 4.79 Å². The van der Waals surface area contributed by atoms with Gasteiger partial charge in [-0.1, -0.05) is 68.7 Å². The quantitative estimate of drug-likeness (QED) is 0.456. The Balaban J connectivity index is 3.59. The molecule has 102 valence electrons. The first kappa shape index (κ1) is 17.3. The minimum atomic E-state index is -1.76. The summed E-state index contributed by atoms with van der Waals surface area (Å²) in [5.74, 6) is -1.23. The standard InChI is InChI=1S/C12H21Cl3O2/c1-2-3-4-5-6-7-8-10(13)9-12(14,15)11(16)17/h10H,2-9H2,1H3,(H,16,17). The Kier molecular flexibility index (Phi) is 9.48. The third-order valence-electron chi connectivity index (χ3n) is 2.66. The van der Waals surface area contributed by atoms with Crippen molar-refractivity contribution in [2.24, 2.45) is 0 Å². The average molecular weight is 304 g/mol. The van der Waals surface area contributed by atoms with Crippen LogP contribution in [0.1, 0.15) is 58.3 Å². The lowest BCUT2D eigenvalue weighted by Gasteiger charge is -2.17. The first-order valence-electron chi connectivity index (χ1n) is 6.15. The van der Waals surface area contributed by atoms with Gasteiger partial charge in [0.25, 0.3) is 0 Å². The predicted molar refractivity (Wildman–Crippen MR) is 74.3 cm³/mol. The summed E-state index contributed by atoms with van der Waals surface area (Å²) < 4.78 is -1.76. The second-order valence-corrected chi connectivity index (χ2v) is 6.47. The summed E-state index contributed by atoms with van der Waals surface area (Å²) in [6, 6.07) is 0. The zero-order valence-corrected chi connectivity index (χ0v) is 12.5. The fourth-order valence-electron chi connectivity index (χ4n) is 1.61. The number of halogens is 3. The highest BCUT2D eigenvalue weighted by atomic mass is 35.5. The fraction of sp³-hybridized carbons (Fsp3) is 0.917. The molecule has 1 unspecified atom stereocenters. The van der Waals surface area contributed by atoms with Crippen molar-refractivity contribution in [2.45, 2.75) is 68.0 Å². The third-order valence-corrected chi connectivity index (χ3v) is 3.67. The number of unbranched alkanes of at least 4 members (excludes halogenated alkanes) is 5. The molecule has 0 rings (SSSR count). The molecule has 0 aromatic rings. The molecule has 1 atom stereocenters. The van der Waals surface area contributed by atoms with Crippen LogP contribution in [0.25, 0.3) is 0 Å². The first-order chi connectivity index (χ1) is 7.90. The number of carboxylic acids is 1. The van der Waals surface area contributed by atoms with Crippen molar-refractivity contribution in [2.75, 3.05) is 0 Å². The van der Waals surface area contributed by atoms with Crippen LogP contribution < -0.4 is 0 Å². The van der Waals surface area contributed by atoms with E-state index >= 15 is 0 Å². The Labute approximate surface area is 119 Å². The number of hydrogen-bond acceptors (Lipinski definition) is 1. The Morgan fingerprint density at radius 2 is 1.71 bits per heavy atom. The SMILES string of the molecule is CCCCCCCCC(Cl)CC(Cl)(Cl)C(=O)O. The van der Waals surface area contributed by atoms with Gasteiger partial charge in [0.15, 0.2) is 0 Å². The molecule has 0 bridgehead atoms. The van der Waals surface area contributed by atoms with E-state index < -0.39 is 10.3 Å². The molecule has 0 aliphatic rings. The van der Waals surface area contributed by atoms with Crippen LogP contribution in [0.15, 0.2) is 0 Å². The second-order valence-electron chi connectivity index (χ2n) is 4.37. The molecule has 0 heterocycles. The van der Waals surface area contributed by atoms with E-state index in [2.05, 4.69) is 6.92 Å². The van der Waals surface area contributed by atoms with Crippen molar-refractivity contribution >= 4 is 40.8 Å². The Bertz CT molecular complexity index is 220. The maximum atomic E-state index is 10.7. The third kappa shape index (κ3) is 8.98. The summed E-state index contributed by atoms with van der Waals surface area (Å²) in [6.45, 7) is 2.18. The van der Waals surface area contributed by atoms with Crippen LogP contribution in [0.2, 0.25) is 0 Å². The van der Waals surface area contributed by atoms with Gasteiger partial charge in [0.05, 0.1) is 0 Å². The van der Waals surface area contributed by atoms with E-state index in [-0.39, 0.29) is 11.8 Å². The number of hydrogen-bond donors (Lipinski definition) is 1. The lowest BCUT2D eigenvalue weighted by Crippen LogP contribution is -2.28. The number of aliphatic carboxylic acids is 1. The summed E-state index contributed by atoms with van der Waals surface area (Å²) in [5.41, 5.74) is 0. The number of carboxylic acid groups (broad SMARTS) is 1. The fourth-order valence-corrected chi connectivity index (χ4v) is 2.53. The number of alkyl halides is 3. The summed E-state index contributed by atoms with van der Waals surface area (Å²) in [4.78, 5) is 10.7. The van der Waals surface area contributed by atoms with Crippen LogP contribution in [0.3, 0.4) is 0 Å². The van der Waals surface area contributed by atoms with Crippen LogP contribution >= 0.6 is 34.8 Å². The molecule has 0 saturated carbocycles. The molecule has 0 saturated heterocycles. The maximum Gasteiger partial charge on any atom is 0.340 e. The predicted octanol–water partition coefficient (Wildman–Crippen LogP) is 4.99. The van der Waals surface area contributed by atoms with Crippen LogP contribution in [-0.4, -0.2) is 20.8 Å². The maximum absolute atomic E-state index is 10.7. The Morgan fingerprint density at radius 3 is 2.24 bits per heavy atom. The van der Waals surface area contributed by atoms with Gasteiger partial charge in [0, 0.05) is 11.8 Å². The van der Waals surface area contributed by atoms with E-state index in [0.29, 0.717) is 0 Å². The minimum Gasteiger partial charge on any atom is -0.479 e. The summed E-state index contributed by atoms with van der Waals surface area (Å²) >= 11 is 17.3. The van der Waals surface area contributed by atoms with E-state index in [1.165, 1.54) is 25.7 Å². The molecule has 0 amide bonds. The van der Waals surface area contributed by atoms with Crippen LogP contribution in [-0.2, 0) is 4.79 Å². The van der Waals surface area contributed by atoms with Crippen molar-refractivity contribution in [3.05, 3.63) is 0 Å². The highest BCUT2D eigenvalue weighted by molar-refractivity contribution is 6.57. The molecule has 0 aromatic heterocycles. The number of carbonyl (C=O) groups is 1. The minimum absolute atomic E-state index is 0.0853. The monoisotopic (exact) mass is 302 g/mol. The molecule has 0 aliphatic carbocycles. The van der Waals surface area contributed by atoms with E-state index in [4.69, 9.17) is 39.9 Å². The van der Waals surface area contributed by atoms with Crippen LogP contribution in [0.4, 0.5) is 0 Å². The Morgan fingerprint density at radius 1 is 1.18 bits per heavy atom. The highest BCUT2D eigenvalue weighted by Gasteiger charge is 2.35. The molecule has 0 radical (unpaired) electrons. The largest absolute Gasteiger partial charge is 0.479 e. The molecule has 0 aromatic carbocycles. The van der Waals surface area contributed by atoms with E-state index in [1.54, 1.807) is 0 Å². The van der Waals surface area contributed by atoms with Crippen molar-refractivity contribution in [3.8, 4) is 0 Å².